The van der Waals surface area contributed by atoms with Crippen LogP contribution in [0.25, 0.3) is 11.0 Å². The van der Waals surface area contributed by atoms with Gasteiger partial charge < -0.3 is 14.4 Å². The van der Waals surface area contributed by atoms with Crippen molar-refractivity contribution >= 4 is 28.4 Å². The highest BCUT2D eigenvalue weighted by Gasteiger charge is 2.33. The van der Waals surface area contributed by atoms with E-state index in [0.717, 1.165) is 54.6 Å². The van der Waals surface area contributed by atoms with Crippen LogP contribution in [0.1, 0.15) is 30.3 Å². The minimum Gasteiger partial charge on any atom is -0.355 e. The van der Waals surface area contributed by atoms with Crippen molar-refractivity contribution in [1.29, 1.82) is 0 Å². The van der Waals surface area contributed by atoms with Crippen molar-refractivity contribution in [3.8, 4) is 0 Å². The largest absolute Gasteiger partial charge is 0.355 e. The summed E-state index contributed by atoms with van der Waals surface area (Å²) in [6.07, 6.45) is 1.59. The van der Waals surface area contributed by atoms with Gasteiger partial charge in [0.2, 0.25) is 5.91 Å². The van der Waals surface area contributed by atoms with E-state index >= 15 is 0 Å². The van der Waals surface area contributed by atoms with Crippen molar-refractivity contribution in [3.05, 3.63) is 47.9 Å². The Bertz CT molecular complexity index is 1030. The first kappa shape index (κ1) is 16.3. The third-order valence-corrected chi connectivity index (χ3v) is 5.70. The number of fused-ring (bicyclic) bond motifs is 1. The zero-order valence-electron chi connectivity index (χ0n) is 15.7. The number of carbonyl (C=O) groups excluding carboxylic acids is 1. The van der Waals surface area contributed by atoms with Gasteiger partial charge in [0, 0.05) is 50.6 Å². The number of imidazole rings is 1. The highest BCUT2D eigenvalue weighted by atomic mass is 16.2. The van der Waals surface area contributed by atoms with Crippen LogP contribution in [0.2, 0.25) is 0 Å². The van der Waals surface area contributed by atoms with E-state index in [1.54, 1.807) is 0 Å². The average molecular weight is 361 g/mol. The first-order chi connectivity index (χ1) is 13.1. The van der Waals surface area contributed by atoms with E-state index < -0.39 is 0 Å². The number of rotatable bonds is 3. The Labute approximate surface area is 158 Å². The van der Waals surface area contributed by atoms with E-state index in [2.05, 4.69) is 40.8 Å². The Morgan fingerprint density at radius 1 is 1.11 bits per heavy atom. The second-order valence-electron chi connectivity index (χ2n) is 7.59. The molecular weight excluding hydrogens is 338 g/mol. The number of aryl methyl sites for hydroxylation is 2. The number of pyridine rings is 1. The summed E-state index contributed by atoms with van der Waals surface area (Å²) >= 11 is 0. The molecule has 5 rings (SSSR count). The topological polar surface area (TPSA) is 54.3 Å². The molecular formula is C21H23N5O. The fraction of sp³-hybridized carbons (Fsp3) is 0.381. The Morgan fingerprint density at radius 3 is 2.67 bits per heavy atom. The summed E-state index contributed by atoms with van der Waals surface area (Å²) in [6, 6.07) is 12.3. The molecule has 0 bridgehead atoms. The van der Waals surface area contributed by atoms with Crippen molar-refractivity contribution in [3.63, 3.8) is 0 Å². The number of aromatic nitrogens is 3. The minimum absolute atomic E-state index is 0.215. The Morgan fingerprint density at radius 2 is 1.93 bits per heavy atom. The lowest BCUT2D eigenvalue weighted by Gasteiger charge is -2.40. The minimum atomic E-state index is 0.215. The fourth-order valence-corrected chi connectivity index (χ4v) is 4.23. The molecule has 2 fully saturated rings. The number of para-hydroxylation sites is 2. The highest BCUT2D eigenvalue weighted by Crippen LogP contribution is 2.34. The molecule has 0 radical (unpaired) electrons. The SMILES string of the molecule is Cc1cc(N2CCCC2=O)cc(N2CC(c3nc4ccccc4n3C)C2)n1. The number of nitrogens with zero attached hydrogens (tertiary/aromatic N) is 5. The third-order valence-electron chi connectivity index (χ3n) is 5.70. The van der Waals surface area contributed by atoms with Crippen molar-refractivity contribution in [2.45, 2.75) is 25.7 Å². The maximum absolute atomic E-state index is 12.1. The summed E-state index contributed by atoms with van der Waals surface area (Å²) in [5.41, 5.74) is 4.16. The molecule has 1 aromatic carbocycles. The maximum atomic E-state index is 12.1. The molecule has 0 saturated carbocycles. The molecule has 0 aliphatic carbocycles. The molecule has 0 N–H and O–H groups in total. The van der Waals surface area contributed by atoms with Gasteiger partial charge in [-0.2, -0.15) is 0 Å². The molecule has 6 heteroatoms. The van der Waals surface area contributed by atoms with Crippen LogP contribution >= 0.6 is 0 Å². The second kappa shape index (κ2) is 6.08. The van der Waals surface area contributed by atoms with Gasteiger partial charge in [0.25, 0.3) is 0 Å². The molecule has 27 heavy (non-hydrogen) atoms. The van der Waals surface area contributed by atoms with E-state index in [0.29, 0.717) is 12.3 Å². The van der Waals surface area contributed by atoms with E-state index in [1.165, 1.54) is 5.52 Å². The van der Waals surface area contributed by atoms with E-state index in [1.807, 2.05) is 24.0 Å². The zero-order valence-corrected chi connectivity index (χ0v) is 15.7. The molecule has 2 aliphatic heterocycles. The monoisotopic (exact) mass is 361 g/mol. The predicted octanol–water partition coefficient (Wildman–Crippen LogP) is 3.01. The van der Waals surface area contributed by atoms with Gasteiger partial charge >= 0.3 is 0 Å². The number of carbonyl (C=O) groups is 1. The number of amides is 1. The van der Waals surface area contributed by atoms with Crippen molar-refractivity contribution < 1.29 is 4.79 Å². The van der Waals surface area contributed by atoms with Gasteiger partial charge in [-0.05, 0) is 31.5 Å². The van der Waals surface area contributed by atoms with Crippen molar-refractivity contribution in [1.82, 2.24) is 14.5 Å². The number of anilines is 2. The zero-order chi connectivity index (χ0) is 18.5. The molecule has 0 atom stereocenters. The molecule has 6 nitrogen and oxygen atoms in total. The van der Waals surface area contributed by atoms with Gasteiger partial charge in [-0.3, -0.25) is 4.79 Å². The lowest BCUT2D eigenvalue weighted by Crippen LogP contribution is -2.46. The summed E-state index contributed by atoms with van der Waals surface area (Å²) in [5, 5.41) is 0. The van der Waals surface area contributed by atoms with E-state index in [-0.39, 0.29) is 5.91 Å². The van der Waals surface area contributed by atoms with Crippen LogP contribution in [0.3, 0.4) is 0 Å². The normalized spacial score (nSPS) is 17.8. The molecule has 2 aromatic heterocycles. The summed E-state index contributed by atoms with van der Waals surface area (Å²) in [6.45, 7) is 4.61. The highest BCUT2D eigenvalue weighted by molar-refractivity contribution is 5.95. The van der Waals surface area contributed by atoms with Crippen LogP contribution in [-0.4, -0.2) is 40.1 Å². The third kappa shape index (κ3) is 2.67. The van der Waals surface area contributed by atoms with Crippen molar-refractivity contribution in [2.24, 2.45) is 7.05 Å². The molecule has 138 valence electrons. The summed E-state index contributed by atoms with van der Waals surface area (Å²) in [7, 11) is 2.09. The molecule has 4 heterocycles. The fourth-order valence-electron chi connectivity index (χ4n) is 4.23. The van der Waals surface area contributed by atoms with Crippen LogP contribution in [0, 0.1) is 6.92 Å². The maximum Gasteiger partial charge on any atom is 0.227 e. The van der Waals surface area contributed by atoms with Gasteiger partial charge in [0.05, 0.1) is 17.0 Å². The van der Waals surface area contributed by atoms with Crippen LogP contribution < -0.4 is 9.80 Å². The number of hydrogen-bond acceptors (Lipinski definition) is 4. The summed E-state index contributed by atoms with van der Waals surface area (Å²) < 4.78 is 2.20. The predicted molar refractivity (Wildman–Crippen MR) is 106 cm³/mol. The summed E-state index contributed by atoms with van der Waals surface area (Å²) in [5.74, 6) is 2.71. The molecule has 2 aliphatic rings. The Kier molecular flexibility index (Phi) is 3.67. The number of hydrogen-bond donors (Lipinski definition) is 0. The Balaban J connectivity index is 1.38. The second-order valence-corrected chi connectivity index (χ2v) is 7.59. The van der Waals surface area contributed by atoms with Crippen LogP contribution in [-0.2, 0) is 11.8 Å². The van der Waals surface area contributed by atoms with Crippen molar-refractivity contribution in [2.75, 3.05) is 29.4 Å². The van der Waals surface area contributed by atoms with E-state index in [4.69, 9.17) is 9.97 Å². The summed E-state index contributed by atoms with van der Waals surface area (Å²) in [4.78, 5) is 25.8. The van der Waals surface area contributed by atoms with Crippen LogP contribution in [0.5, 0.6) is 0 Å². The molecule has 3 aromatic rings. The smallest absolute Gasteiger partial charge is 0.227 e. The number of benzene rings is 1. The molecule has 0 unspecified atom stereocenters. The lowest BCUT2D eigenvalue weighted by molar-refractivity contribution is -0.117. The van der Waals surface area contributed by atoms with Gasteiger partial charge in [0.1, 0.15) is 11.6 Å². The average Bonchev–Trinajstić information content (AvgIpc) is 3.18. The molecule has 0 spiro atoms. The molecule has 2 saturated heterocycles. The van der Waals surface area contributed by atoms with Crippen LogP contribution in [0.15, 0.2) is 36.4 Å². The standard InChI is InChI=1S/C21H23N5O/c1-14-10-16(26-9-5-8-20(26)27)11-19(22-14)25-12-15(13-25)21-23-17-6-3-4-7-18(17)24(21)2/h3-4,6-7,10-11,15H,5,8-9,12-13H2,1-2H3. The van der Waals surface area contributed by atoms with Crippen LogP contribution in [0.4, 0.5) is 11.5 Å². The molecule has 1 amide bonds. The quantitative estimate of drug-likeness (QED) is 0.720. The first-order valence-corrected chi connectivity index (χ1v) is 9.55. The Hall–Kier alpha value is -2.89. The van der Waals surface area contributed by atoms with Gasteiger partial charge in [-0.25, -0.2) is 9.97 Å². The van der Waals surface area contributed by atoms with E-state index in [9.17, 15) is 4.79 Å². The van der Waals surface area contributed by atoms with Gasteiger partial charge in [0.15, 0.2) is 0 Å². The van der Waals surface area contributed by atoms with Gasteiger partial charge in [-0.1, -0.05) is 12.1 Å². The lowest BCUT2D eigenvalue weighted by atomic mass is 9.99. The van der Waals surface area contributed by atoms with Gasteiger partial charge in [-0.15, -0.1) is 0 Å². The first-order valence-electron chi connectivity index (χ1n) is 9.55.